The van der Waals surface area contributed by atoms with Crippen LogP contribution in [0.25, 0.3) is 0 Å². The van der Waals surface area contributed by atoms with Gasteiger partial charge in [-0.1, -0.05) is 74.5 Å². The van der Waals surface area contributed by atoms with Gasteiger partial charge in [0, 0.05) is 0 Å². The highest BCUT2D eigenvalue weighted by atomic mass is 16.7. The number of hydrogen-bond donors (Lipinski definition) is 0. The monoisotopic (exact) mass is 454 g/mol. The largest absolute Gasteiger partial charge is 0.460 e. The molecule has 0 aliphatic carbocycles. The van der Waals surface area contributed by atoms with Crippen LogP contribution in [0.15, 0.2) is 60.7 Å². The van der Waals surface area contributed by atoms with Crippen LogP contribution in [0, 0.1) is 11.8 Å². The number of rotatable bonds is 10. The zero-order valence-electron chi connectivity index (χ0n) is 19.6. The Morgan fingerprint density at radius 3 is 1.85 bits per heavy atom. The summed E-state index contributed by atoms with van der Waals surface area (Å²) >= 11 is 0. The molecule has 6 nitrogen and oxygen atoms in total. The molecule has 0 radical (unpaired) electrons. The summed E-state index contributed by atoms with van der Waals surface area (Å²) in [6, 6.07) is 18.7. The fourth-order valence-corrected chi connectivity index (χ4v) is 3.86. The standard InChI is InChI=1S/C27H34O6/c1-19(2)25(33-23-16-10-11-20(3)32-23)24(26(28)30-17-21-12-6-4-7-13-21)27(29)31-18-22-14-8-5-9-15-22/h4-9,12-15,19-20,23-25H,10-11,16-18H2,1-3H3/t20-,23?,25+/m0/s1. The summed E-state index contributed by atoms with van der Waals surface area (Å²) in [5.41, 5.74) is 1.68. The minimum atomic E-state index is -1.21. The number of carbonyl (C=O) groups is 2. The molecule has 2 aromatic carbocycles. The van der Waals surface area contributed by atoms with Crippen LogP contribution in [-0.4, -0.2) is 30.4 Å². The molecule has 0 spiro atoms. The molecule has 1 aliphatic heterocycles. The number of carbonyl (C=O) groups excluding carboxylic acids is 2. The summed E-state index contributed by atoms with van der Waals surface area (Å²) in [6.45, 7) is 5.98. The first kappa shape index (κ1) is 24.9. The molecule has 1 fully saturated rings. The zero-order valence-corrected chi connectivity index (χ0v) is 19.6. The van der Waals surface area contributed by atoms with Gasteiger partial charge in [-0.05, 0) is 43.2 Å². The molecule has 1 heterocycles. The molecule has 6 heteroatoms. The van der Waals surface area contributed by atoms with E-state index in [1.165, 1.54) is 0 Å². The molecule has 33 heavy (non-hydrogen) atoms. The van der Waals surface area contributed by atoms with Gasteiger partial charge in [0.1, 0.15) is 13.2 Å². The van der Waals surface area contributed by atoms with Crippen LogP contribution in [-0.2, 0) is 41.8 Å². The minimum Gasteiger partial charge on any atom is -0.460 e. The molecule has 178 valence electrons. The maximum absolute atomic E-state index is 13.2. The van der Waals surface area contributed by atoms with Gasteiger partial charge in [-0.2, -0.15) is 0 Å². The van der Waals surface area contributed by atoms with Crippen molar-refractivity contribution in [3.8, 4) is 0 Å². The van der Waals surface area contributed by atoms with Crippen LogP contribution in [0.2, 0.25) is 0 Å². The Bertz CT molecular complexity index is 811. The first-order valence-electron chi connectivity index (χ1n) is 11.7. The smallest absolute Gasteiger partial charge is 0.323 e. The summed E-state index contributed by atoms with van der Waals surface area (Å²) < 4.78 is 23.2. The third kappa shape index (κ3) is 7.69. The quantitative estimate of drug-likeness (QED) is 0.370. The Labute approximate surface area is 196 Å². The fraction of sp³-hybridized carbons (Fsp3) is 0.481. The summed E-state index contributed by atoms with van der Waals surface area (Å²) in [4.78, 5) is 26.4. The second kappa shape index (κ2) is 12.5. The first-order chi connectivity index (χ1) is 15.9. The lowest BCUT2D eigenvalue weighted by molar-refractivity contribution is -0.231. The van der Waals surface area contributed by atoms with Crippen molar-refractivity contribution < 1.29 is 28.5 Å². The lowest BCUT2D eigenvalue weighted by Gasteiger charge is -2.34. The maximum Gasteiger partial charge on any atom is 0.323 e. The van der Waals surface area contributed by atoms with Gasteiger partial charge in [0.25, 0.3) is 0 Å². The second-order valence-electron chi connectivity index (χ2n) is 8.82. The van der Waals surface area contributed by atoms with Crippen molar-refractivity contribution >= 4 is 11.9 Å². The van der Waals surface area contributed by atoms with Crippen LogP contribution in [0.4, 0.5) is 0 Å². The molecule has 0 amide bonds. The average molecular weight is 455 g/mol. The van der Waals surface area contributed by atoms with E-state index in [1.54, 1.807) is 0 Å². The van der Waals surface area contributed by atoms with Crippen LogP contribution in [0.3, 0.4) is 0 Å². The predicted molar refractivity (Wildman–Crippen MR) is 124 cm³/mol. The minimum absolute atomic E-state index is 0.0733. The van der Waals surface area contributed by atoms with Gasteiger partial charge in [-0.3, -0.25) is 9.59 Å². The SMILES string of the molecule is CC(C)[C@@H](OC1CCC[C@H](C)O1)C(C(=O)OCc1ccccc1)C(=O)OCc1ccccc1. The lowest BCUT2D eigenvalue weighted by atomic mass is 9.92. The van der Waals surface area contributed by atoms with Gasteiger partial charge >= 0.3 is 11.9 Å². The molecule has 3 rings (SSSR count). The second-order valence-corrected chi connectivity index (χ2v) is 8.82. The highest BCUT2D eigenvalue weighted by Gasteiger charge is 2.42. The average Bonchev–Trinajstić information content (AvgIpc) is 2.82. The Morgan fingerprint density at radius 2 is 1.39 bits per heavy atom. The maximum atomic E-state index is 13.2. The van der Waals surface area contributed by atoms with Gasteiger partial charge in [-0.25, -0.2) is 0 Å². The van der Waals surface area contributed by atoms with Crippen LogP contribution < -0.4 is 0 Å². The molecule has 1 aliphatic rings. The predicted octanol–water partition coefficient (Wildman–Crippen LogP) is 5.05. The van der Waals surface area contributed by atoms with Crippen LogP contribution in [0.5, 0.6) is 0 Å². The molecule has 1 unspecified atom stereocenters. The van der Waals surface area contributed by atoms with Gasteiger partial charge in [-0.15, -0.1) is 0 Å². The Hall–Kier alpha value is -2.70. The van der Waals surface area contributed by atoms with E-state index in [1.807, 2.05) is 81.4 Å². The summed E-state index contributed by atoms with van der Waals surface area (Å²) in [5, 5.41) is 0. The van der Waals surface area contributed by atoms with Crippen molar-refractivity contribution in [1.82, 2.24) is 0 Å². The van der Waals surface area contributed by atoms with Gasteiger partial charge in [0.2, 0.25) is 0 Å². The van der Waals surface area contributed by atoms with E-state index in [2.05, 4.69) is 0 Å². The van der Waals surface area contributed by atoms with E-state index >= 15 is 0 Å². The van der Waals surface area contributed by atoms with Crippen LogP contribution in [0.1, 0.15) is 51.2 Å². The van der Waals surface area contributed by atoms with Crippen molar-refractivity contribution in [3.05, 3.63) is 71.8 Å². The van der Waals surface area contributed by atoms with E-state index in [9.17, 15) is 9.59 Å². The Balaban J connectivity index is 1.75. The molecule has 3 atom stereocenters. The molecule has 1 saturated heterocycles. The highest BCUT2D eigenvalue weighted by Crippen LogP contribution is 2.27. The molecular formula is C27H34O6. The summed E-state index contributed by atoms with van der Waals surface area (Å²) in [5.74, 6) is -2.65. The fourth-order valence-electron chi connectivity index (χ4n) is 3.86. The van der Waals surface area contributed by atoms with E-state index in [4.69, 9.17) is 18.9 Å². The zero-order chi connectivity index (χ0) is 23.6. The lowest BCUT2D eigenvalue weighted by Crippen LogP contribution is -2.45. The third-order valence-electron chi connectivity index (χ3n) is 5.68. The van der Waals surface area contributed by atoms with E-state index < -0.39 is 30.3 Å². The van der Waals surface area contributed by atoms with Crippen molar-refractivity contribution in [2.45, 2.75) is 71.7 Å². The van der Waals surface area contributed by atoms with E-state index in [0.29, 0.717) is 0 Å². The third-order valence-corrected chi connectivity index (χ3v) is 5.68. The summed E-state index contributed by atoms with van der Waals surface area (Å²) in [6.07, 6.45) is 1.54. The topological polar surface area (TPSA) is 71.1 Å². The van der Waals surface area contributed by atoms with Crippen molar-refractivity contribution in [2.75, 3.05) is 0 Å². The van der Waals surface area contributed by atoms with E-state index in [-0.39, 0.29) is 25.2 Å². The molecule has 0 aromatic heterocycles. The molecule has 2 aromatic rings. The summed E-state index contributed by atoms with van der Waals surface area (Å²) in [7, 11) is 0. The Kier molecular flexibility index (Phi) is 9.46. The van der Waals surface area contributed by atoms with Gasteiger partial charge < -0.3 is 18.9 Å². The first-order valence-corrected chi connectivity index (χ1v) is 11.7. The number of benzene rings is 2. The molecule has 0 saturated carbocycles. The van der Waals surface area contributed by atoms with Gasteiger partial charge in [0.05, 0.1) is 12.2 Å². The van der Waals surface area contributed by atoms with Crippen LogP contribution >= 0.6 is 0 Å². The van der Waals surface area contributed by atoms with E-state index in [0.717, 1.165) is 30.4 Å². The molecule has 0 N–H and O–H groups in total. The Morgan fingerprint density at radius 1 is 0.879 bits per heavy atom. The normalized spacial score (nSPS) is 19.3. The van der Waals surface area contributed by atoms with Crippen molar-refractivity contribution in [3.63, 3.8) is 0 Å². The molecular weight excluding hydrogens is 420 g/mol. The van der Waals surface area contributed by atoms with Gasteiger partial charge in [0.15, 0.2) is 12.2 Å². The number of ether oxygens (including phenoxy) is 4. The number of hydrogen-bond acceptors (Lipinski definition) is 6. The van der Waals surface area contributed by atoms with Crippen molar-refractivity contribution in [1.29, 1.82) is 0 Å². The molecule has 0 bridgehead atoms. The highest BCUT2D eigenvalue weighted by molar-refractivity contribution is 5.95. The van der Waals surface area contributed by atoms with Crippen molar-refractivity contribution in [2.24, 2.45) is 11.8 Å². The number of esters is 2.